The topological polar surface area (TPSA) is 61.9 Å². The quantitative estimate of drug-likeness (QED) is 0.857. The summed E-state index contributed by atoms with van der Waals surface area (Å²) in [6, 6.07) is 10.5. The van der Waals surface area contributed by atoms with Gasteiger partial charge in [-0.25, -0.2) is 4.98 Å². The first-order valence-electron chi connectivity index (χ1n) is 8.13. The van der Waals surface area contributed by atoms with Gasteiger partial charge in [0, 0.05) is 35.6 Å². The van der Waals surface area contributed by atoms with E-state index in [4.69, 9.17) is 0 Å². The molecule has 2 fully saturated rings. The van der Waals surface area contributed by atoms with Gasteiger partial charge >= 0.3 is 0 Å². The third kappa shape index (κ3) is 3.27. The van der Waals surface area contributed by atoms with Crippen molar-refractivity contribution in [3.63, 3.8) is 0 Å². The number of H-pyrrole nitrogens is 1. The Labute approximate surface area is 139 Å². The zero-order valence-corrected chi connectivity index (χ0v) is 13.7. The van der Waals surface area contributed by atoms with E-state index in [-0.39, 0.29) is 11.8 Å². The molecule has 5 nitrogen and oxygen atoms in total. The number of benzene rings is 1. The highest BCUT2D eigenvalue weighted by Gasteiger charge is 2.48. The van der Waals surface area contributed by atoms with Gasteiger partial charge in [-0.3, -0.25) is 9.89 Å². The number of rotatable bonds is 5. The van der Waals surface area contributed by atoms with Crippen LogP contribution in [0.25, 0.3) is 0 Å². The molecule has 0 spiro atoms. The third-order valence-electron chi connectivity index (χ3n) is 4.72. The maximum atomic E-state index is 12.6. The van der Waals surface area contributed by atoms with Crippen LogP contribution in [0.1, 0.15) is 24.6 Å². The predicted molar refractivity (Wildman–Crippen MR) is 89.1 cm³/mol. The number of nitrogens with one attached hydrogen (secondary N) is 1. The SMILES string of the molecule is O=C([C@@H]1C[C@@H]1c1ncn[nH]1)N1CC[C@H](CSc2ccccc2)C1. The molecule has 120 valence electrons. The number of hydrogen-bond acceptors (Lipinski definition) is 4. The van der Waals surface area contributed by atoms with E-state index in [1.807, 2.05) is 17.8 Å². The zero-order valence-electron chi connectivity index (χ0n) is 12.9. The van der Waals surface area contributed by atoms with Gasteiger partial charge in [-0.1, -0.05) is 18.2 Å². The lowest BCUT2D eigenvalue weighted by Crippen LogP contribution is -2.30. The normalized spacial score (nSPS) is 26.4. The van der Waals surface area contributed by atoms with Gasteiger partial charge in [0.1, 0.15) is 12.2 Å². The molecule has 0 radical (unpaired) electrons. The largest absolute Gasteiger partial charge is 0.342 e. The Morgan fingerprint density at radius 1 is 1.35 bits per heavy atom. The van der Waals surface area contributed by atoms with Crippen LogP contribution in [0.15, 0.2) is 41.6 Å². The smallest absolute Gasteiger partial charge is 0.226 e. The van der Waals surface area contributed by atoms with Crippen molar-refractivity contribution in [2.75, 3.05) is 18.8 Å². The average Bonchev–Trinajstić information content (AvgIpc) is 3.02. The first kappa shape index (κ1) is 14.8. The molecular weight excluding hydrogens is 308 g/mol. The molecule has 1 amide bonds. The molecular formula is C17H20N4OS. The van der Waals surface area contributed by atoms with Crippen LogP contribution in [0.4, 0.5) is 0 Å². The molecule has 1 N–H and O–H groups in total. The standard InChI is InChI=1S/C17H20N4OS/c22-17(15-8-14(15)16-18-11-19-20-16)21-7-6-12(9-21)10-23-13-4-2-1-3-5-13/h1-5,11-12,14-15H,6-10H2,(H,18,19,20)/t12-,14-,15+/m0/s1. The van der Waals surface area contributed by atoms with E-state index in [0.717, 1.165) is 37.5 Å². The summed E-state index contributed by atoms with van der Waals surface area (Å²) in [5, 5.41) is 6.76. The summed E-state index contributed by atoms with van der Waals surface area (Å²) in [6.45, 7) is 1.80. The van der Waals surface area contributed by atoms with Crippen molar-refractivity contribution in [1.29, 1.82) is 0 Å². The second kappa shape index (κ2) is 6.35. The van der Waals surface area contributed by atoms with Crippen molar-refractivity contribution in [3.05, 3.63) is 42.5 Å². The molecule has 1 saturated carbocycles. The van der Waals surface area contributed by atoms with Crippen LogP contribution >= 0.6 is 11.8 Å². The third-order valence-corrected chi connectivity index (χ3v) is 5.96. The van der Waals surface area contributed by atoms with Gasteiger partial charge in [-0.15, -0.1) is 11.8 Å². The predicted octanol–water partition coefficient (Wildman–Crippen LogP) is 2.55. The zero-order chi connectivity index (χ0) is 15.6. The van der Waals surface area contributed by atoms with E-state index >= 15 is 0 Å². The van der Waals surface area contributed by atoms with Gasteiger partial charge < -0.3 is 4.90 Å². The fraction of sp³-hybridized carbons (Fsp3) is 0.471. The summed E-state index contributed by atoms with van der Waals surface area (Å²) >= 11 is 1.89. The highest BCUT2D eigenvalue weighted by molar-refractivity contribution is 7.99. The molecule has 1 aliphatic carbocycles. The number of amides is 1. The van der Waals surface area contributed by atoms with Crippen molar-refractivity contribution in [3.8, 4) is 0 Å². The average molecular weight is 328 g/mol. The maximum Gasteiger partial charge on any atom is 0.226 e. The Morgan fingerprint density at radius 2 is 2.22 bits per heavy atom. The first-order valence-corrected chi connectivity index (χ1v) is 9.11. The van der Waals surface area contributed by atoms with E-state index in [2.05, 4.69) is 44.3 Å². The van der Waals surface area contributed by atoms with Gasteiger partial charge in [0.2, 0.25) is 5.91 Å². The second-order valence-electron chi connectivity index (χ2n) is 6.38. The number of likely N-dealkylation sites (tertiary alicyclic amines) is 1. The van der Waals surface area contributed by atoms with Gasteiger partial charge in [0.05, 0.1) is 0 Å². The lowest BCUT2D eigenvalue weighted by molar-refractivity contribution is -0.131. The monoisotopic (exact) mass is 328 g/mol. The molecule has 23 heavy (non-hydrogen) atoms. The summed E-state index contributed by atoms with van der Waals surface area (Å²) in [7, 11) is 0. The molecule has 3 atom stereocenters. The van der Waals surface area contributed by atoms with Crippen molar-refractivity contribution in [2.45, 2.75) is 23.7 Å². The summed E-state index contributed by atoms with van der Waals surface area (Å²) in [4.78, 5) is 20.1. The Morgan fingerprint density at radius 3 is 3.00 bits per heavy atom. The van der Waals surface area contributed by atoms with Gasteiger partial charge in [0.25, 0.3) is 0 Å². The highest BCUT2D eigenvalue weighted by Crippen LogP contribution is 2.47. The lowest BCUT2D eigenvalue weighted by Gasteiger charge is -2.16. The second-order valence-corrected chi connectivity index (χ2v) is 7.48. The molecule has 1 aromatic heterocycles. The highest BCUT2D eigenvalue weighted by atomic mass is 32.2. The van der Waals surface area contributed by atoms with Crippen LogP contribution in [-0.2, 0) is 4.79 Å². The van der Waals surface area contributed by atoms with Crippen LogP contribution < -0.4 is 0 Å². The van der Waals surface area contributed by atoms with E-state index in [0.29, 0.717) is 11.8 Å². The summed E-state index contributed by atoms with van der Waals surface area (Å²) < 4.78 is 0. The van der Waals surface area contributed by atoms with E-state index < -0.39 is 0 Å². The molecule has 1 saturated heterocycles. The van der Waals surface area contributed by atoms with Crippen molar-refractivity contribution in [2.24, 2.45) is 11.8 Å². The summed E-state index contributed by atoms with van der Waals surface area (Å²) in [5.41, 5.74) is 0. The fourth-order valence-corrected chi connectivity index (χ4v) is 4.35. The Balaban J connectivity index is 1.26. The number of aromatic nitrogens is 3. The molecule has 1 aliphatic heterocycles. The molecule has 1 aromatic carbocycles. The molecule has 4 rings (SSSR count). The van der Waals surface area contributed by atoms with E-state index in [9.17, 15) is 4.79 Å². The fourth-order valence-electron chi connectivity index (χ4n) is 3.30. The van der Waals surface area contributed by atoms with Crippen LogP contribution in [0.2, 0.25) is 0 Å². The number of aromatic amines is 1. The molecule has 2 aliphatic rings. The minimum atomic E-state index is 0.114. The van der Waals surface area contributed by atoms with Crippen LogP contribution in [0.3, 0.4) is 0 Å². The first-order chi connectivity index (χ1) is 11.3. The Kier molecular flexibility index (Phi) is 4.08. The van der Waals surface area contributed by atoms with Gasteiger partial charge in [-0.05, 0) is 30.9 Å². The van der Waals surface area contributed by atoms with Gasteiger partial charge in [0.15, 0.2) is 0 Å². The van der Waals surface area contributed by atoms with Crippen molar-refractivity contribution >= 4 is 17.7 Å². The molecule has 2 aromatic rings. The molecule has 2 heterocycles. The Bertz CT molecular complexity index is 660. The minimum absolute atomic E-state index is 0.114. The van der Waals surface area contributed by atoms with Crippen LogP contribution in [0.5, 0.6) is 0 Å². The Hall–Kier alpha value is -1.82. The van der Waals surface area contributed by atoms with Crippen molar-refractivity contribution in [1.82, 2.24) is 20.1 Å². The van der Waals surface area contributed by atoms with Crippen molar-refractivity contribution < 1.29 is 4.79 Å². The molecule has 0 bridgehead atoms. The van der Waals surface area contributed by atoms with E-state index in [1.165, 1.54) is 11.2 Å². The van der Waals surface area contributed by atoms with Gasteiger partial charge in [-0.2, -0.15) is 5.10 Å². The number of carbonyl (C=O) groups excluding carboxylic acids is 1. The summed E-state index contributed by atoms with van der Waals surface area (Å²) in [5.74, 6) is 3.22. The van der Waals surface area contributed by atoms with Crippen LogP contribution in [0, 0.1) is 11.8 Å². The number of carbonyl (C=O) groups is 1. The summed E-state index contributed by atoms with van der Waals surface area (Å²) in [6.07, 6.45) is 3.54. The number of nitrogens with zero attached hydrogens (tertiary/aromatic N) is 3. The van der Waals surface area contributed by atoms with Crippen LogP contribution in [-0.4, -0.2) is 44.8 Å². The molecule has 6 heteroatoms. The number of thioether (sulfide) groups is 1. The van der Waals surface area contributed by atoms with E-state index in [1.54, 1.807) is 0 Å². The lowest BCUT2D eigenvalue weighted by atomic mass is 10.2. The minimum Gasteiger partial charge on any atom is -0.342 e. The maximum absolute atomic E-state index is 12.6. The number of hydrogen-bond donors (Lipinski definition) is 1. The molecule has 0 unspecified atom stereocenters.